The van der Waals surface area contributed by atoms with Crippen LogP contribution in [0, 0.1) is 13.8 Å². The molecule has 1 aliphatic rings. The van der Waals surface area contributed by atoms with Crippen LogP contribution in [0.3, 0.4) is 0 Å². The monoisotopic (exact) mass is 438 g/mol. The number of furan rings is 1. The minimum atomic E-state index is -0.0600. The zero-order valence-electron chi connectivity index (χ0n) is 18.9. The van der Waals surface area contributed by atoms with Crippen LogP contribution >= 0.6 is 0 Å². The lowest BCUT2D eigenvalue weighted by molar-refractivity contribution is 0.0726. The molecular formula is C27H26N4O2. The summed E-state index contributed by atoms with van der Waals surface area (Å²) < 4.78 is 5.94. The van der Waals surface area contributed by atoms with Gasteiger partial charge in [-0.05, 0) is 50.5 Å². The molecule has 33 heavy (non-hydrogen) atoms. The molecule has 4 aromatic rings. The average Bonchev–Trinajstić information content (AvgIpc) is 3.61. The Morgan fingerprint density at radius 3 is 2.55 bits per heavy atom. The molecule has 1 amide bonds. The third-order valence-electron chi connectivity index (χ3n) is 5.92. The smallest absolute Gasteiger partial charge is 0.258 e. The molecule has 6 nitrogen and oxygen atoms in total. The number of hydrogen-bond donors (Lipinski definition) is 0. The van der Waals surface area contributed by atoms with Crippen molar-refractivity contribution in [1.29, 1.82) is 0 Å². The Kier molecular flexibility index (Phi) is 5.73. The highest BCUT2D eigenvalue weighted by Gasteiger charge is 2.30. The Bertz CT molecular complexity index is 1260. The molecule has 3 aromatic heterocycles. The molecular weight excluding hydrogens is 412 g/mol. The van der Waals surface area contributed by atoms with E-state index in [4.69, 9.17) is 9.40 Å². The Balaban J connectivity index is 1.52. The lowest BCUT2D eigenvalue weighted by Gasteiger charge is -2.23. The van der Waals surface area contributed by atoms with Crippen LogP contribution in [-0.4, -0.2) is 25.8 Å². The fourth-order valence-corrected chi connectivity index (χ4v) is 4.01. The zero-order chi connectivity index (χ0) is 22.8. The van der Waals surface area contributed by atoms with Crippen LogP contribution in [0.4, 0.5) is 0 Å². The van der Waals surface area contributed by atoms with Gasteiger partial charge in [-0.2, -0.15) is 0 Å². The molecule has 0 saturated heterocycles. The molecule has 0 unspecified atom stereocenters. The molecule has 0 spiro atoms. The number of aryl methyl sites for hydroxylation is 2. The number of nitrogens with zero attached hydrogens (tertiary/aromatic N) is 4. The van der Waals surface area contributed by atoms with Gasteiger partial charge in [0.05, 0.1) is 23.5 Å². The van der Waals surface area contributed by atoms with E-state index in [1.165, 1.54) is 0 Å². The summed E-state index contributed by atoms with van der Waals surface area (Å²) in [6, 6.07) is 17.7. The third-order valence-corrected chi connectivity index (χ3v) is 5.92. The maximum Gasteiger partial charge on any atom is 0.258 e. The molecule has 0 aliphatic heterocycles. The minimum Gasteiger partial charge on any atom is -0.465 e. The molecule has 0 N–H and O–H groups in total. The van der Waals surface area contributed by atoms with Gasteiger partial charge in [0, 0.05) is 30.4 Å². The van der Waals surface area contributed by atoms with Crippen molar-refractivity contribution in [2.75, 3.05) is 0 Å². The van der Waals surface area contributed by atoms with Gasteiger partial charge < -0.3 is 9.32 Å². The van der Waals surface area contributed by atoms with Crippen LogP contribution in [0.1, 0.15) is 57.7 Å². The summed E-state index contributed by atoms with van der Waals surface area (Å²) in [6.45, 7) is 4.53. The summed E-state index contributed by atoms with van der Waals surface area (Å²) in [5, 5.41) is 0. The Labute approximate surface area is 193 Å². The number of amides is 1. The van der Waals surface area contributed by atoms with Crippen molar-refractivity contribution in [3.8, 4) is 11.3 Å². The Hall–Kier alpha value is -3.80. The topological polar surface area (TPSA) is 72.1 Å². The first-order chi connectivity index (χ1) is 16.1. The largest absolute Gasteiger partial charge is 0.465 e. The highest BCUT2D eigenvalue weighted by Crippen LogP contribution is 2.41. The molecule has 166 valence electrons. The normalized spacial score (nSPS) is 13.2. The quantitative estimate of drug-likeness (QED) is 0.383. The fraction of sp³-hybridized carbons (Fsp3) is 0.259. The number of carbonyl (C=O) groups excluding carboxylic acids is 1. The first kappa shape index (κ1) is 21.1. The van der Waals surface area contributed by atoms with Crippen molar-refractivity contribution in [3.05, 3.63) is 101 Å². The van der Waals surface area contributed by atoms with Crippen LogP contribution in [0.15, 0.2) is 71.4 Å². The summed E-state index contributed by atoms with van der Waals surface area (Å²) in [6.07, 6.45) is 5.80. The van der Waals surface area contributed by atoms with Gasteiger partial charge in [-0.3, -0.25) is 9.78 Å². The maximum absolute atomic E-state index is 13.8. The summed E-state index contributed by atoms with van der Waals surface area (Å²) in [4.78, 5) is 29.2. The minimum absolute atomic E-state index is 0.0600. The van der Waals surface area contributed by atoms with E-state index in [-0.39, 0.29) is 5.91 Å². The van der Waals surface area contributed by atoms with Crippen LogP contribution in [0.25, 0.3) is 11.3 Å². The van der Waals surface area contributed by atoms with E-state index in [1.807, 2.05) is 73.3 Å². The highest BCUT2D eigenvalue weighted by atomic mass is 16.3. The van der Waals surface area contributed by atoms with Crippen LogP contribution in [-0.2, 0) is 13.1 Å². The van der Waals surface area contributed by atoms with Gasteiger partial charge in [0.25, 0.3) is 5.91 Å². The van der Waals surface area contributed by atoms with Crippen molar-refractivity contribution in [2.45, 2.75) is 45.7 Å². The molecule has 6 heteroatoms. The van der Waals surface area contributed by atoms with Gasteiger partial charge in [0.2, 0.25) is 0 Å². The summed E-state index contributed by atoms with van der Waals surface area (Å²) in [5.74, 6) is 2.64. The van der Waals surface area contributed by atoms with Crippen LogP contribution in [0.2, 0.25) is 0 Å². The maximum atomic E-state index is 13.8. The molecule has 1 fully saturated rings. The van der Waals surface area contributed by atoms with E-state index in [9.17, 15) is 4.79 Å². The third kappa shape index (κ3) is 4.70. The molecule has 3 heterocycles. The first-order valence-corrected chi connectivity index (χ1v) is 11.3. The van der Waals surface area contributed by atoms with Crippen molar-refractivity contribution in [3.63, 3.8) is 0 Å². The number of pyridine rings is 1. The Morgan fingerprint density at radius 1 is 1.03 bits per heavy atom. The fourth-order valence-electron chi connectivity index (χ4n) is 4.01. The lowest BCUT2D eigenvalue weighted by Crippen LogP contribution is -2.31. The zero-order valence-corrected chi connectivity index (χ0v) is 18.9. The van der Waals surface area contributed by atoms with E-state index < -0.39 is 0 Å². The van der Waals surface area contributed by atoms with Gasteiger partial charge in [0.15, 0.2) is 0 Å². The second-order valence-electron chi connectivity index (χ2n) is 8.53. The first-order valence-electron chi connectivity index (χ1n) is 11.3. The van der Waals surface area contributed by atoms with Crippen molar-refractivity contribution >= 4 is 5.91 Å². The SMILES string of the molecule is Cc1ncc(-c2ccccn2)c(CN(Cc2ccccc2)C(=O)c2cc(C3CC3)oc2C)n1. The van der Waals surface area contributed by atoms with E-state index in [2.05, 4.69) is 9.97 Å². The number of rotatable bonds is 7. The molecule has 1 aromatic carbocycles. The van der Waals surface area contributed by atoms with Crippen molar-refractivity contribution in [2.24, 2.45) is 0 Å². The predicted octanol–water partition coefficient (Wildman–Crippen LogP) is 5.47. The van der Waals surface area contributed by atoms with E-state index in [1.54, 1.807) is 12.4 Å². The number of aromatic nitrogens is 3. The van der Waals surface area contributed by atoms with E-state index >= 15 is 0 Å². The number of hydrogen-bond acceptors (Lipinski definition) is 5. The van der Waals surface area contributed by atoms with Crippen LogP contribution in [0.5, 0.6) is 0 Å². The van der Waals surface area contributed by atoms with Crippen molar-refractivity contribution < 1.29 is 9.21 Å². The van der Waals surface area contributed by atoms with E-state index in [0.29, 0.717) is 36.2 Å². The summed E-state index contributed by atoms with van der Waals surface area (Å²) >= 11 is 0. The molecule has 1 aliphatic carbocycles. The molecule has 5 rings (SSSR count). The number of benzene rings is 1. The van der Waals surface area contributed by atoms with Gasteiger partial charge in [-0.25, -0.2) is 9.97 Å². The van der Waals surface area contributed by atoms with Crippen molar-refractivity contribution in [1.82, 2.24) is 19.9 Å². The molecule has 0 bridgehead atoms. The van der Waals surface area contributed by atoms with Gasteiger partial charge in [-0.1, -0.05) is 36.4 Å². The lowest BCUT2D eigenvalue weighted by atomic mass is 10.1. The van der Waals surface area contributed by atoms with Gasteiger partial charge in [-0.15, -0.1) is 0 Å². The summed E-state index contributed by atoms with van der Waals surface area (Å²) in [5.41, 5.74) is 4.07. The number of carbonyl (C=O) groups is 1. The summed E-state index contributed by atoms with van der Waals surface area (Å²) in [7, 11) is 0. The van der Waals surface area contributed by atoms with Gasteiger partial charge >= 0.3 is 0 Å². The molecule has 1 saturated carbocycles. The predicted molar refractivity (Wildman–Crippen MR) is 125 cm³/mol. The second-order valence-corrected chi connectivity index (χ2v) is 8.53. The Morgan fingerprint density at radius 2 is 1.82 bits per heavy atom. The van der Waals surface area contributed by atoms with Gasteiger partial charge in [0.1, 0.15) is 17.3 Å². The molecule has 0 radical (unpaired) electrons. The average molecular weight is 439 g/mol. The second kappa shape index (κ2) is 8.98. The standard InChI is InChI=1S/C27H26N4O2/c1-18-22(14-26(33-18)21-11-12-21)27(32)31(16-20-8-4-3-5-9-20)17-25-23(15-29-19(2)30-25)24-10-6-7-13-28-24/h3-10,13-15,21H,11-12,16-17H2,1-2H3. The van der Waals surface area contributed by atoms with E-state index in [0.717, 1.165) is 41.1 Å². The van der Waals surface area contributed by atoms with Crippen LogP contribution < -0.4 is 0 Å². The highest BCUT2D eigenvalue weighted by molar-refractivity contribution is 5.95. The molecule has 0 atom stereocenters.